The summed E-state index contributed by atoms with van der Waals surface area (Å²) in [5.74, 6) is -2.48. The number of carbonyl (C=O) groups is 2. The number of benzene rings is 1. The fraction of sp³-hybridized carbons (Fsp3) is 0.235. The first-order valence-electron chi connectivity index (χ1n) is 8.78. The smallest absolute Gasteiger partial charge is 0.358 e. The Hall–Kier alpha value is -3.87. The Kier molecular flexibility index (Phi) is 6.55. The molecule has 12 nitrogen and oxygen atoms in total. The van der Waals surface area contributed by atoms with E-state index >= 15 is 0 Å². The van der Waals surface area contributed by atoms with Gasteiger partial charge in [0.1, 0.15) is 12.4 Å². The number of rotatable bonds is 8. The summed E-state index contributed by atoms with van der Waals surface area (Å²) in [6.45, 7) is 1.57. The van der Waals surface area contributed by atoms with Crippen LogP contribution in [0.4, 0.5) is 10.2 Å². The van der Waals surface area contributed by atoms with E-state index in [0.29, 0.717) is 5.69 Å². The Bertz CT molecular complexity index is 1150. The normalized spacial score (nSPS) is 10.7. The van der Waals surface area contributed by atoms with Crippen LogP contribution in [0, 0.1) is 22.9 Å². The summed E-state index contributed by atoms with van der Waals surface area (Å²) in [6, 6.07) is 5.19. The number of nitrogens with zero attached hydrogens (tertiary/aromatic N) is 5. The van der Waals surface area contributed by atoms with Crippen LogP contribution < -0.4 is 10.6 Å². The molecule has 0 spiro atoms. The first-order valence-corrected chi connectivity index (χ1v) is 9.16. The van der Waals surface area contributed by atoms with Gasteiger partial charge in [0.25, 0.3) is 5.91 Å². The maximum Gasteiger partial charge on any atom is 0.408 e. The number of halogens is 2. The molecule has 0 aliphatic rings. The molecule has 2 amide bonds. The highest BCUT2D eigenvalue weighted by Crippen LogP contribution is 2.26. The van der Waals surface area contributed by atoms with Gasteiger partial charge in [-0.15, -0.1) is 0 Å². The maximum atomic E-state index is 13.1. The first kappa shape index (κ1) is 21.8. The molecule has 0 saturated carbocycles. The number of hydrogen-bond acceptors (Lipinski definition) is 8. The Labute approximate surface area is 178 Å². The Balaban J connectivity index is 1.51. The summed E-state index contributed by atoms with van der Waals surface area (Å²) >= 11 is 5.87. The third-order valence-corrected chi connectivity index (χ3v) is 4.47. The van der Waals surface area contributed by atoms with E-state index in [-0.39, 0.29) is 41.9 Å². The van der Waals surface area contributed by atoms with Gasteiger partial charge in [-0.1, -0.05) is 22.8 Å². The lowest BCUT2D eigenvalue weighted by Gasteiger charge is -2.05. The maximum absolute atomic E-state index is 13.1. The van der Waals surface area contributed by atoms with Gasteiger partial charge in [0.05, 0.1) is 10.8 Å². The summed E-state index contributed by atoms with van der Waals surface area (Å²) in [4.78, 5) is 38.1. The van der Waals surface area contributed by atoms with E-state index < -0.39 is 28.4 Å². The van der Waals surface area contributed by atoms with Crippen molar-refractivity contribution in [3.63, 3.8) is 0 Å². The van der Waals surface area contributed by atoms with Crippen LogP contribution in [-0.2, 0) is 6.54 Å². The van der Waals surface area contributed by atoms with Crippen molar-refractivity contribution in [1.82, 2.24) is 30.6 Å². The summed E-state index contributed by atoms with van der Waals surface area (Å²) in [5.41, 5.74) is 0.486. The van der Waals surface area contributed by atoms with Gasteiger partial charge in [-0.05, 0) is 30.0 Å². The number of hydrogen-bond donors (Lipinski definition) is 2. The summed E-state index contributed by atoms with van der Waals surface area (Å²) < 4.78 is 19.2. The molecule has 3 aromatic rings. The highest BCUT2D eigenvalue weighted by molar-refractivity contribution is 6.33. The minimum absolute atomic E-state index is 0.0532. The fourth-order valence-electron chi connectivity index (χ4n) is 2.48. The van der Waals surface area contributed by atoms with E-state index in [1.165, 1.54) is 29.8 Å². The summed E-state index contributed by atoms with van der Waals surface area (Å²) in [5, 5.41) is 23.2. The summed E-state index contributed by atoms with van der Waals surface area (Å²) in [6.07, 6.45) is 0. The van der Waals surface area contributed by atoms with Gasteiger partial charge in [0.2, 0.25) is 0 Å². The van der Waals surface area contributed by atoms with Crippen LogP contribution in [0.5, 0.6) is 0 Å². The molecule has 31 heavy (non-hydrogen) atoms. The zero-order valence-corrected chi connectivity index (χ0v) is 16.7. The van der Waals surface area contributed by atoms with Gasteiger partial charge in [-0.2, -0.15) is 9.67 Å². The van der Waals surface area contributed by atoms with E-state index in [2.05, 4.69) is 25.9 Å². The largest absolute Gasteiger partial charge is 0.408 e. The second kappa shape index (κ2) is 9.30. The van der Waals surface area contributed by atoms with Crippen LogP contribution in [0.15, 0.2) is 28.8 Å². The van der Waals surface area contributed by atoms with Crippen LogP contribution in [0.25, 0.3) is 0 Å². The van der Waals surface area contributed by atoms with Crippen LogP contribution in [0.2, 0.25) is 5.02 Å². The van der Waals surface area contributed by atoms with Crippen molar-refractivity contribution in [1.29, 1.82) is 0 Å². The van der Waals surface area contributed by atoms with Crippen molar-refractivity contribution in [3.8, 4) is 0 Å². The first-order chi connectivity index (χ1) is 14.8. The lowest BCUT2D eigenvalue weighted by atomic mass is 10.2. The zero-order chi connectivity index (χ0) is 22.5. The van der Waals surface area contributed by atoms with Gasteiger partial charge in [-0.3, -0.25) is 9.59 Å². The van der Waals surface area contributed by atoms with Crippen molar-refractivity contribution < 1.29 is 23.4 Å². The highest BCUT2D eigenvalue weighted by atomic mass is 35.5. The molecule has 0 aliphatic heterocycles. The molecule has 1 aromatic carbocycles. The van der Waals surface area contributed by atoms with Crippen LogP contribution >= 0.6 is 11.6 Å². The van der Waals surface area contributed by atoms with Gasteiger partial charge >= 0.3 is 17.6 Å². The highest BCUT2D eigenvalue weighted by Gasteiger charge is 2.25. The summed E-state index contributed by atoms with van der Waals surface area (Å²) in [7, 11) is 0. The molecule has 0 aliphatic carbocycles. The molecule has 0 bridgehead atoms. The topological polar surface area (TPSA) is 158 Å². The second-order valence-electron chi connectivity index (χ2n) is 6.18. The molecule has 2 N–H and O–H groups in total. The van der Waals surface area contributed by atoms with Gasteiger partial charge in [0.15, 0.2) is 10.8 Å². The number of carbonyl (C=O) groups excluding carboxylic acids is 2. The fourth-order valence-corrected chi connectivity index (χ4v) is 2.69. The van der Waals surface area contributed by atoms with Crippen molar-refractivity contribution in [3.05, 3.63) is 68.2 Å². The number of nitro groups is 1. The third kappa shape index (κ3) is 5.19. The quantitative estimate of drug-likeness (QED) is 0.296. The molecule has 0 atom stereocenters. The lowest BCUT2D eigenvalue weighted by Crippen LogP contribution is -2.34. The Morgan fingerprint density at radius 3 is 2.65 bits per heavy atom. The number of aromatic nitrogens is 4. The van der Waals surface area contributed by atoms with Crippen LogP contribution in [0.1, 0.15) is 32.6 Å². The standard InChI is InChI=1S/C17H15ClFN7O5/c1-9-13(18)14(26(29)30)23-25(9)8-12-22-17(31-24-12)16(28)21-6-5-20-15(27)10-3-2-4-11(19)7-10/h2-4,7H,5-6,8H2,1H3,(H,20,27)(H,21,28). The lowest BCUT2D eigenvalue weighted by molar-refractivity contribution is -0.389. The predicted octanol–water partition coefficient (Wildman–Crippen LogP) is 1.48. The molecule has 2 heterocycles. The van der Waals surface area contributed by atoms with Crippen molar-refractivity contribution >= 4 is 29.2 Å². The average molecular weight is 452 g/mol. The molecule has 0 saturated heterocycles. The molecular formula is C17H15ClFN7O5. The number of amides is 2. The van der Waals surface area contributed by atoms with E-state index in [1.807, 2.05) is 0 Å². The Morgan fingerprint density at radius 1 is 1.29 bits per heavy atom. The van der Waals surface area contributed by atoms with E-state index in [1.54, 1.807) is 0 Å². The second-order valence-corrected chi connectivity index (χ2v) is 6.55. The monoisotopic (exact) mass is 451 g/mol. The molecule has 162 valence electrons. The van der Waals surface area contributed by atoms with E-state index in [0.717, 1.165) is 6.07 Å². The van der Waals surface area contributed by atoms with Crippen LogP contribution in [0.3, 0.4) is 0 Å². The zero-order valence-electron chi connectivity index (χ0n) is 16.0. The SMILES string of the molecule is Cc1c(Cl)c([N+](=O)[O-])nn1Cc1noc(C(=O)NCCNC(=O)c2cccc(F)c2)n1. The van der Waals surface area contributed by atoms with Gasteiger partial charge in [-0.25, -0.2) is 4.39 Å². The minimum Gasteiger partial charge on any atom is -0.358 e. The third-order valence-electron chi connectivity index (χ3n) is 4.03. The van der Waals surface area contributed by atoms with E-state index in [4.69, 9.17) is 16.1 Å². The van der Waals surface area contributed by atoms with Crippen molar-refractivity contribution in [2.24, 2.45) is 0 Å². The molecule has 0 fully saturated rings. The van der Waals surface area contributed by atoms with Gasteiger partial charge < -0.3 is 25.3 Å². The van der Waals surface area contributed by atoms with Crippen LogP contribution in [-0.4, -0.2) is 49.7 Å². The minimum atomic E-state index is -0.714. The van der Waals surface area contributed by atoms with Crippen molar-refractivity contribution in [2.75, 3.05) is 13.1 Å². The Morgan fingerprint density at radius 2 is 2.00 bits per heavy atom. The molecular weight excluding hydrogens is 437 g/mol. The van der Waals surface area contributed by atoms with Crippen molar-refractivity contribution in [2.45, 2.75) is 13.5 Å². The molecule has 0 radical (unpaired) electrons. The van der Waals surface area contributed by atoms with Gasteiger partial charge in [0, 0.05) is 18.7 Å². The molecule has 14 heteroatoms. The predicted molar refractivity (Wildman–Crippen MR) is 103 cm³/mol. The molecule has 3 rings (SSSR count). The molecule has 2 aromatic heterocycles. The van der Waals surface area contributed by atoms with E-state index in [9.17, 15) is 24.1 Å². The number of nitrogens with one attached hydrogen (secondary N) is 2. The molecule has 0 unspecified atom stereocenters. The average Bonchev–Trinajstić information content (AvgIpc) is 3.31.